The summed E-state index contributed by atoms with van der Waals surface area (Å²) in [5.41, 5.74) is 1.56. The second-order valence-corrected chi connectivity index (χ2v) is 5.02. The van der Waals surface area contributed by atoms with Gasteiger partial charge in [-0.3, -0.25) is 0 Å². The largest absolute Gasteiger partial charge is 0.493 e. The van der Waals surface area contributed by atoms with Crippen molar-refractivity contribution in [3.05, 3.63) is 53.1 Å². The normalized spacial score (nSPS) is 10.5. The van der Waals surface area contributed by atoms with Crippen LogP contribution in [0, 0.1) is 11.6 Å². The van der Waals surface area contributed by atoms with E-state index < -0.39 is 17.4 Å². The van der Waals surface area contributed by atoms with Crippen molar-refractivity contribution < 1.29 is 18.3 Å². The first-order chi connectivity index (χ1) is 10.1. The number of hydrogen-bond acceptors (Lipinski definition) is 2. The van der Waals surface area contributed by atoms with Crippen LogP contribution in [-0.4, -0.2) is 7.11 Å². The summed E-state index contributed by atoms with van der Waals surface area (Å²) < 4.78 is 38.5. The summed E-state index contributed by atoms with van der Waals surface area (Å²) >= 11 is 3.16. The van der Waals surface area contributed by atoms with Crippen molar-refractivity contribution in [3.8, 4) is 17.2 Å². The Bertz CT molecular complexity index is 621. The van der Waals surface area contributed by atoms with E-state index in [1.807, 2.05) is 13.0 Å². The predicted molar refractivity (Wildman–Crippen MR) is 81.4 cm³/mol. The van der Waals surface area contributed by atoms with Gasteiger partial charge in [-0.25, -0.2) is 8.78 Å². The van der Waals surface area contributed by atoms with Gasteiger partial charge in [-0.2, -0.15) is 0 Å². The average Bonchev–Trinajstić information content (AvgIpc) is 2.50. The van der Waals surface area contributed by atoms with Crippen LogP contribution in [0.5, 0.6) is 17.2 Å². The van der Waals surface area contributed by atoms with Gasteiger partial charge in [0, 0.05) is 5.33 Å². The zero-order valence-corrected chi connectivity index (χ0v) is 13.3. The van der Waals surface area contributed by atoms with Gasteiger partial charge in [-0.1, -0.05) is 28.9 Å². The van der Waals surface area contributed by atoms with E-state index in [4.69, 9.17) is 9.47 Å². The van der Waals surface area contributed by atoms with E-state index in [-0.39, 0.29) is 5.75 Å². The Labute approximate surface area is 130 Å². The summed E-state index contributed by atoms with van der Waals surface area (Å²) in [6.45, 7) is 2.01. The molecule has 21 heavy (non-hydrogen) atoms. The number of halogens is 3. The Morgan fingerprint density at radius 1 is 1.00 bits per heavy atom. The number of aryl methyl sites for hydroxylation is 1. The Kier molecular flexibility index (Phi) is 5.17. The lowest BCUT2D eigenvalue weighted by molar-refractivity contribution is 0.359. The van der Waals surface area contributed by atoms with E-state index >= 15 is 0 Å². The Balaban J connectivity index is 2.38. The first-order valence-corrected chi connectivity index (χ1v) is 7.59. The zero-order valence-electron chi connectivity index (χ0n) is 11.8. The van der Waals surface area contributed by atoms with Crippen molar-refractivity contribution in [3.63, 3.8) is 0 Å². The second-order valence-electron chi connectivity index (χ2n) is 4.46. The molecule has 0 aliphatic carbocycles. The fraction of sp³-hybridized carbons (Fsp3) is 0.250. The highest BCUT2D eigenvalue weighted by atomic mass is 79.9. The molecule has 0 spiro atoms. The molecule has 0 bridgehead atoms. The Morgan fingerprint density at radius 2 is 1.67 bits per heavy atom. The highest BCUT2D eigenvalue weighted by Crippen LogP contribution is 2.35. The van der Waals surface area contributed by atoms with Gasteiger partial charge in [-0.05, 0) is 41.8 Å². The number of hydrogen-bond donors (Lipinski definition) is 0. The van der Waals surface area contributed by atoms with Crippen molar-refractivity contribution in [2.75, 3.05) is 7.11 Å². The van der Waals surface area contributed by atoms with Crippen LogP contribution in [0.15, 0.2) is 30.3 Å². The van der Waals surface area contributed by atoms with E-state index in [0.717, 1.165) is 12.0 Å². The lowest BCUT2D eigenvalue weighted by atomic mass is 10.1. The molecule has 0 aromatic heterocycles. The SMILES string of the molecule is CCc1ccc(Oc2c(F)cc(CBr)cc2F)c(OC)c1. The number of ether oxygens (including phenoxy) is 2. The first kappa shape index (κ1) is 15.8. The van der Waals surface area contributed by atoms with Crippen LogP contribution in [-0.2, 0) is 11.8 Å². The molecule has 0 unspecified atom stereocenters. The van der Waals surface area contributed by atoms with Gasteiger partial charge >= 0.3 is 0 Å². The minimum atomic E-state index is -0.744. The summed E-state index contributed by atoms with van der Waals surface area (Å²) in [4.78, 5) is 0. The van der Waals surface area contributed by atoms with E-state index in [0.29, 0.717) is 16.6 Å². The number of alkyl halides is 1. The molecule has 0 heterocycles. The summed E-state index contributed by atoms with van der Waals surface area (Å²) in [5, 5.41) is 0.371. The minimum absolute atomic E-state index is 0.277. The third-order valence-electron chi connectivity index (χ3n) is 3.06. The van der Waals surface area contributed by atoms with Crippen LogP contribution < -0.4 is 9.47 Å². The summed E-state index contributed by atoms with van der Waals surface area (Å²) in [6, 6.07) is 7.74. The monoisotopic (exact) mass is 356 g/mol. The number of rotatable bonds is 5. The first-order valence-electron chi connectivity index (χ1n) is 6.47. The smallest absolute Gasteiger partial charge is 0.198 e. The van der Waals surface area contributed by atoms with Crippen molar-refractivity contribution in [1.29, 1.82) is 0 Å². The standard InChI is InChI=1S/C16H15BrF2O2/c1-3-10-4-5-14(15(8-10)20-2)21-16-12(18)6-11(9-17)7-13(16)19/h4-8H,3,9H2,1-2H3. The molecule has 0 aliphatic heterocycles. The molecule has 0 atom stereocenters. The average molecular weight is 357 g/mol. The lowest BCUT2D eigenvalue weighted by Gasteiger charge is -2.13. The molecular formula is C16H15BrF2O2. The molecule has 0 fully saturated rings. The minimum Gasteiger partial charge on any atom is -0.493 e. The molecule has 0 aliphatic rings. The van der Waals surface area contributed by atoms with E-state index in [1.54, 1.807) is 12.1 Å². The van der Waals surface area contributed by atoms with Crippen molar-refractivity contribution in [1.82, 2.24) is 0 Å². The van der Waals surface area contributed by atoms with Crippen LogP contribution in [0.25, 0.3) is 0 Å². The molecule has 0 N–H and O–H groups in total. The van der Waals surface area contributed by atoms with Crippen LogP contribution in [0.1, 0.15) is 18.1 Å². The highest BCUT2D eigenvalue weighted by Gasteiger charge is 2.16. The molecule has 2 nitrogen and oxygen atoms in total. The van der Waals surface area contributed by atoms with Gasteiger partial charge in [0.25, 0.3) is 0 Å². The van der Waals surface area contributed by atoms with Gasteiger partial charge in [-0.15, -0.1) is 0 Å². The quantitative estimate of drug-likeness (QED) is 0.683. The number of benzene rings is 2. The molecule has 0 saturated heterocycles. The second kappa shape index (κ2) is 6.89. The summed E-state index contributed by atoms with van der Waals surface area (Å²) in [6.07, 6.45) is 0.833. The van der Waals surface area contributed by atoms with Crippen molar-refractivity contribution >= 4 is 15.9 Å². The van der Waals surface area contributed by atoms with Gasteiger partial charge in [0.05, 0.1) is 7.11 Å². The topological polar surface area (TPSA) is 18.5 Å². The maximum Gasteiger partial charge on any atom is 0.198 e. The summed E-state index contributed by atoms with van der Waals surface area (Å²) in [7, 11) is 1.49. The zero-order chi connectivity index (χ0) is 15.4. The van der Waals surface area contributed by atoms with Crippen LogP contribution >= 0.6 is 15.9 Å². The lowest BCUT2D eigenvalue weighted by Crippen LogP contribution is -1.97. The van der Waals surface area contributed by atoms with Crippen LogP contribution in [0.4, 0.5) is 8.78 Å². The van der Waals surface area contributed by atoms with Crippen molar-refractivity contribution in [2.45, 2.75) is 18.7 Å². The molecular weight excluding hydrogens is 342 g/mol. The van der Waals surface area contributed by atoms with Gasteiger partial charge in [0.2, 0.25) is 0 Å². The van der Waals surface area contributed by atoms with Crippen LogP contribution in [0.2, 0.25) is 0 Å². The molecule has 2 aromatic carbocycles. The maximum atomic E-state index is 13.9. The fourth-order valence-corrected chi connectivity index (χ4v) is 2.24. The molecule has 2 aromatic rings. The third-order valence-corrected chi connectivity index (χ3v) is 3.71. The van der Waals surface area contributed by atoms with E-state index in [1.165, 1.54) is 19.2 Å². The van der Waals surface area contributed by atoms with Crippen LogP contribution in [0.3, 0.4) is 0 Å². The van der Waals surface area contributed by atoms with Gasteiger partial charge in [0.15, 0.2) is 28.9 Å². The number of methoxy groups -OCH3 is 1. The van der Waals surface area contributed by atoms with Gasteiger partial charge < -0.3 is 9.47 Å². The predicted octanol–water partition coefficient (Wildman–Crippen LogP) is 5.22. The van der Waals surface area contributed by atoms with E-state index in [2.05, 4.69) is 15.9 Å². The fourth-order valence-electron chi connectivity index (χ4n) is 1.91. The summed E-state index contributed by atoms with van der Waals surface area (Å²) in [5.74, 6) is -1.20. The maximum absolute atomic E-state index is 13.9. The van der Waals surface area contributed by atoms with E-state index in [9.17, 15) is 8.78 Å². The molecule has 0 saturated carbocycles. The van der Waals surface area contributed by atoms with Crippen molar-refractivity contribution in [2.24, 2.45) is 0 Å². The molecule has 0 radical (unpaired) electrons. The molecule has 5 heteroatoms. The molecule has 2 rings (SSSR count). The highest BCUT2D eigenvalue weighted by molar-refractivity contribution is 9.08. The third kappa shape index (κ3) is 3.53. The Hall–Kier alpha value is -1.62. The van der Waals surface area contributed by atoms with Gasteiger partial charge in [0.1, 0.15) is 0 Å². The molecule has 0 amide bonds. The molecule has 112 valence electrons. The Morgan fingerprint density at radius 3 is 2.19 bits per heavy atom.